The highest BCUT2D eigenvalue weighted by Crippen LogP contribution is 2.21. The van der Waals surface area contributed by atoms with E-state index >= 15 is 0 Å². The molecule has 0 aromatic heterocycles. The fourth-order valence-corrected chi connectivity index (χ4v) is 1.86. The first kappa shape index (κ1) is 11.9. The molecule has 1 unspecified atom stereocenters. The molecular formula is C10H20N2OS. The average molecular weight is 216 g/mol. The summed E-state index contributed by atoms with van der Waals surface area (Å²) in [6.07, 6.45) is 2.29. The zero-order valence-corrected chi connectivity index (χ0v) is 9.99. The third kappa shape index (κ3) is 4.86. The fraction of sp³-hybridized carbons (Fsp3) is 0.900. The van der Waals surface area contributed by atoms with Crippen molar-refractivity contribution in [2.75, 3.05) is 5.75 Å². The van der Waals surface area contributed by atoms with Crippen molar-refractivity contribution >= 4 is 17.7 Å². The third-order valence-electron chi connectivity index (χ3n) is 2.00. The molecule has 0 aromatic carbocycles. The van der Waals surface area contributed by atoms with Crippen molar-refractivity contribution in [2.45, 2.75) is 50.4 Å². The van der Waals surface area contributed by atoms with Gasteiger partial charge in [0.25, 0.3) is 0 Å². The molecule has 0 aliphatic heterocycles. The predicted molar refractivity (Wildman–Crippen MR) is 61.4 cm³/mol. The van der Waals surface area contributed by atoms with Gasteiger partial charge in [-0.25, -0.2) is 0 Å². The molecule has 0 saturated heterocycles. The van der Waals surface area contributed by atoms with Crippen LogP contribution in [-0.2, 0) is 4.79 Å². The molecule has 1 rings (SSSR count). The summed E-state index contributed by atoms with van der Waals surface area (Å²) in [5, 5.41) is 3.00. The monoisotopic (exact) mass is 216 g/mol. The van der Waals surface area contributed by atoms with Crippen molar-refractivity contribution < 1.29 is 4.79 Å². The van der Waals surface area contributed by atoms with Gasteiger partial charge in [-0.05, 0) is 33.6 Å². The summed E-state index contributed by atoms with van der Waals surface area (Å²) >= 11 is 1.62. The van der Waals surface area contributed by atoms with E-state index in [0.717, 1.165) is 18.6 Å². The lowest BCUT2D eigenvalue weighted by Crippen LogP contribution is -2.38. The molecule has 1 amide bonds. The van der Waals surface area contributed by atoms with E-state index in [0.29, 0.717) is 6.04 Å². The number of nitrogens with one attached hydrogen (secondary N) is 1. The summed E-state index contributed by atoms with van der Waals surface area (Å²) in [7, 11) is 0. The predicted octanol–water partition coefficient (Wildman–Crippen LogP) is 1.12. The number of hydrogen-bond donors (Lipinski definition) is 2. The molecule has 1 aliphatic carbocycles. The van der Waals surface area contributed by atoms with E-state index in [9.17, 15) is 4.79 Å². The van der Waals surface area contributed by atoms with Crippen LogP contribution in [0.4, 0.5) is 0 Å². The van der Waals surface area contributed by atoms with E-state index in [4.69, 9.17) is 5.73 Å². The normalized spacial score (nSPS) is 19.1. The largest absolute Gasteiger partial charge is 0.352 e. The van der Waals surface area contributed by atoms with E-state index in [2.05, 4.69) is 5.32 Å². The van der Waals surface area contributed by atoms with E-state index < -0.39 is 0 Å². The maximum absolute atomic E-state index is 11.5. The second-order valence-electron chi connectivity index (χ2n) is 4.72. The minimum Gasteiger partial charge on any atom is -0.352 e. The van der Waals surface area contributed by atoms with Gasteiger partial charge in [0.1, 0.15) is 0 Å². The fourth-order valence-electron chi connectivity index (χ4n) is 0.962. The van der Waals surface area contributed by atoms with Crippen molar-refractivity contribution in [2.24, 2.45) is 5.73 Å². The second-order valence-corrected chi connectivity index (χ2v) is 6.05. The molecule has 1 aliphatic rings. The van der Waals surface area contributed by atoms with Crippen molar-refractivity contribution in [3.63, 3.8) is 0 Å². The lowest BCUT2D eigenvalue weighted by molar-refractivity contribution is -0.120. The van der Waals surface area contributed by atoms with Crippen molar-refractivity contribution in [1.29, 1.82) is 0 Å². The van der Waals surface area contributed by atoms with Gasteiger partial charge in [0.15, 0.2) is 0 Å². The molecule has 0 radical (unpaired) electrons. The van der Waals surface area contributed by atoms with Crippen LogP contribution < -0.4 is 11.1 Å². The number of thioether (sulfide) groups is 1. The van der Waals surface area contributed by atoms with Gasteiger partial charge in [0.2, 0.25) is 5.91 Å². The molecule has 0 aromatic rings. The summed E-state index contributed by atoms with van der Waals surface area (Å²) in [4.78, 5) is 11.5. The number of nitrogens with two attached hydrogens (primary N) is 1. The van der Waals surface area contributed by atoms with Crippen molar-refractivity contribution in [3.8, 4) is 0 Å². The quantitative estimate of drug-likeness (QED) is 0.724. The summed E-state index contributed by atoms with van der Waals surface area (Å²) in [5.41, 5.74) is 5.65. The summed E-state index contributed by atoms with van der Waals surface area (Å²) in [6, 6.07) is 0.455. The van der Waals surface area contributed by atoms with Gasteiger partial charge >= 0.3 is 0 Å². The van der Waals surface area contributed by atoms with Crippen LogP contribution in [0.3, 0.4) is 0 Å². The molecule has 82 valence electrons. The Labute approximate surface area is 90.2 Å². The summed E-state index contributed by atoms with van der Waals surface area (Å²) < 4.78 is 0. The maximum atomic E-state index is 11.5. The topological polar surface area (TPSA) is 55.1 Å². The number of carbonyl (C=O) groups excluding carboxylic acids is 1. The van der Waals surface area contributed by atoms with Gasteiger partial charge in [-0.1, -0.05) is 0 Å². The third-order valence-corrected chi connectivity index (χ3v) is 3.62. The van der Waals surface area contributed by atoms with Gasteiger partial charge in [-0.2, -0.15) is 0 Å². The molecule has 1 atom stereocenters. The molecule has 3 nitrogen and oxygen atoms in total. The van der Waals surface area contributed by atoms with Crippen LogP contribution in [0.1, 0.15) is 33.6 Å². The van der Waals surface area contributed by atoms with Gasteiger partial charge in [-0.3, -0.25) is 4.79 Å². The smallest absolute Gasteiger partial charge is 0.233 e. The Kier molecular flexibility index (Phi) is 3.84. The molecule has 0 spiro atoms. The van der Waals surface area contributed by atoms with E-state index in [1.807, 2.05) is 20.8 Å². The zero-order chi connectivity index (χ0) is 10.8. The Morgan fingerprint density at radius 1 is 1.64 bits per heavy atom. The Balaban J connectivity index is 2.19. The summed E-state index contributed by atoms with van der Waals surface area (Å²) in [6.45, 7) is 5.89. The van der Waals surface area contributed by atoms with Crippen LogP contribution in [0.5, 0.6) is 0 Å². The van der Waals surface area contributed by atoms with Crippen LogP contribution in [-0.4, -0.2) is 28.5 Å². The second kappa shape index (κ2) is 4.53. The van der Waals surface area contributed by atoms with E-state index in [1.165, 1.54) is 0 Å². The highest BCUT2D eigenvalue weighted by Gasteiger charge is 2.26. The van der Waals surface area contributed by atoms with E-state index in [-0.39, 0.29) is 16.7 Å². The van der Waals surface area contributed by atoms with E-state index in [1.54, 1.807) is 11.8 Å². The number of rotatable bonds is 5. The van der Waals surface area contributed by atoms with Crippen LogP contribution in [0, 0.1) is 0 Å². The average Bonchev–Trinajstić information content (AvgIpc) is 2.82. The molecule has 4 heteroatoms. The Bertz CT molecular complexity index is 209. The Morgan fingerprint density at radius 2 is 2.21 bits per heavy atom. The Hall–Kier alpha value is -0.220. The van der Waals surface area contributed by atoms with Gasteiger partial charge < -0.3 is 11.1 Å². The molecule has 14 heavy (non-hydrogen) atoms. The number of amides is 1. The molecule has 0 heterocycles. The van der Waals surface area contributed by atoms with Crippen molar-refractivity contribution in [1.82, 2.24) is 5.32 Å². The minimum absolute atomic E-state index is 0.0124. The summed E-state index contributed by atoms with van der Waals surface area (Å²) in [5.74, 6) is 0.966. The molecule has 1 fully saturated rings. The lowest BCUT2D eigenvalue weighted by Gasteiger charge is -2.20. The van der Waals surface area contributed by atoms with Crippen LogP contribution >= 0.6 is 11.8 Å². The number of carbonyl (C=O) groups is 1. The molecular weight excluding hydrogens is 196 g/mol. The van der Waals surface area contributed by atoms with Gasteiger partial charge in [-0.15, -0.1) is 11.8 Å². The SMILES string of the molecule is CC(SCC(C)(C)N)C(=O)NC1CC1. The minimum atomic E-state index is -0.196. The molecule has 0 bridgehead atoms. The zero-order valence-electron chi connectivity index (χ0n) is 9.17. The maximum Gasteiger partial charge on any atom is 0.233 e. The standard InChI is InChI=1S/C10H20N2OS/c1-7(14-6-10(2,3)11)9(13)12-8-4-5-8/h7-8H,4-6,11H2,1-3H3,(H,12,13). The highest BCUT2D eigenvalue weighted by molar-refractivity contribution is 8.00. The van der Waals surface area contributed by atoms with Crippen LogP contribution in [0.2, 0.25) is 0 Å². The van der Waals surface area contributed by atoms with Gasteiger partial charge in [0.05, 0.1) is 5.25 Å². The Morgan fingerprint density at radius 3 is 2.64 bits per heavy atom. The van der Waals surface area contributed by atoms with Crippen LogP contribution in [0.25, 0.3) is 0 Å². The lowest BCUT2D eigenvalue weighted by atomic mass is 10.1. The first-order valence-corrected chi connectivity index (χ1v) is 6.14. The van der Waals surface area contributed by atoms with Gasteiger partial charge in [0, 0.05) is 17.3 Å². The number of hydrogen-bond acceptors (Lipinski definition) is 3. The molecule has 1 saturated carbocycles. The highest BCUT2D eigenvalue weighted by atomic mass is 32.2. The van der Waals surface area contributed by atoms with Crippen molar-refractivity contribution in [3.05, 3.63) is 0 Å². The van der Waals surface area contributed by atoms with Crippen LogP contribution in [0.15, 0.2) is 0 Å². The molecule has 3 N–H and O–H groups in total. The first-order valence-electron chi connectivity index (χ1n) is 5.09. The first-order chi connectivity index (χ1) is 6.38.